The lowest BCUT2D eigenvalue weighted by molar-refractivity contribution is -0.144. The van der Waals surface area contributed by atoms with E-state index in [4.69, 9.17) is 9.47 Å². The number of thioether (sulfide) groups is 1. The Bertz CT molecular complexity index is 1620. The molecule has 0 unspecified atom stereocenters. The number of benzene rings is 3. The molecule has 0 saturated carbocycles. The monoisotopic (exact) mass is 570 g/mol. The Kier molecular flexibility index (Phi) is 8.43. The Hall–Kier alpha value is -4.61. The van der Waals surface area contributed by atoms with Gasteiger partial charge in [0.15, 0.2) is 16.9 Å². The summed E-state index contributed by atoms with van der Waals surface area (Å²) in [5, 5.41) is 3.36. The van der Waals surface area contributed by atoms with Crippen LogP contribution in [0, 0.1) is 0 Å². The zero-order valence-electron chi connectivity index (χ0n) is 21.2. The molecule has 0 aliphatic rings. The molecule has 0 aliphatic heterocycles. The van der Waals surface area contributed by atoms with Crippen LogP contribution in [0.2, 0.25) is 0 Å². The van der Waals surface area contributed by atoms with Crippen LogP contribution in [0.5, 0.6) is 0 Å². The van der Waals surface area contributed by atoms with Crippen LogP contribution in [0.3, 0.4) is 0 Å². The number of carbonyl (C=O) groups excluding carboxylic acids is 3. The van der Waals surface area contributed by atoms with Crippen LogP contribution in [-0.4, -0.2) is 52.3 Å². The molecule has 2 heterocycles. The summed E-state index contributed by atoms with van der Waals surface area (Å²) >= 11 is 2.33. The number of thiazole rings is 1. The number of methoxy groups -OCH3 is 1. The van der Waals surface area contributed by atoms with E-state index in [1.807, 2.05) is 66.7 Å². The highest BCUT2D eigenvalue weighted by atomic mass is 32.2. The predicted octanol–water partition coefficient (Wildman–Crippen LogP) is 5.48. The number of nitrogens with zero attached hydrogens (tertiary/aromatic N) is 3. The van der Waals surface area contributed by atoms with Crippen molar-refractivity contribution in [3.05, 3.63) is 90.5 Å². The van der Waals surface area contributed by atoms with E-state index in [0.29, 0.717) is 26.1 Å². The first-order valence-electron chi connectivity index (χ1n) is 12.1. The second-order valence-electron chi connectivity index (χ2n) is 8.34. The van der Waals surface area contributed by atoms with Gasteiger partial charge < -0.3 is 9.47 Å². The highest BCUT2D eigenvalue weighted by Crippen LogP contribution is 2.28. The van der Waals surface area contributed by atoms with Crippen molar-refractivity contribution in [2.75, 3.05) is 24.8 Å². The number of carbonyl (C=O) groups is 3. The zero-order chi connectivity index (χ0) is 27.9. The van der Waals surface area contributed by atoms with Crippen molar-refractivity contribution in [3.8, 4) is 22.5 Å². The van der Waals surface area contributed by atoms with Crippen LogP contribution in [0.15, 0.2) is 90.1 Å². The van der Waals surface area contributed by atoms with Gasteiger partial charge in [-0.25, -0.2) is 19.7 Å². The fraction of sp³-hybridized carbons (Fsp3) is 0.103. The van der Waals surface area contributed by atoms with Gasteiger partial charge in [0.1, 0.15) is 0 Å². The molecule has 200 valence electrons. The quantitative estimate of drug-likeness (QED) is 0.139. The van der Waals surface area contributed by atoms with E-state index >= 15 is 0 Å². The summed E-state index contributed by atoms with van der Waals surface area (Å²) in [6, 6.07) is 26.3. The molecule has 5 aromatic rings. The maximum atomic E-state index is 12.4. The van der Waals surface area contributed by atoms with Crippen molar-refractivity contribution in [2.24, 2.45) is 0 Å². The molecule has 0 aliphatic carbocycles. The van der Waals surface area contributed by atoms with Crippen molar-refractivity contribution >= 4 is 56.3 Å². The summed E-state index contributed by atoms with van der Waals surface area (Å²) < 4.78 is 10.6. The van der Waals surface area contributed by atoms with Gasteiger partial charge in [0.25, 0.3) is 5.91 Å². The van der Waals surface area contributed by atoms with Gasteiger partial charge in [-0.3, -0.25) is 14.9 Å². The van der Waals surface area contributed by atoms with E-state index in [0.717, 1.165) is 34.3 Å². The second-order valence-corrected chi connectivity index (χ2v) is 10.3. The topological polar surface area (TPSA) is 120 Å². The number of nitrogens with one attached hydrogen (secondary N) is 1. The largest absolute Gasteiger partial charge is 0.465 e. The Morgan fingerprint density at radius 3 is 2.12 bits per heavy atom. The lowest BCUT2D eigenvalue weighted by Crippen LogP contribution is -2.21. The highest BCUT2D eigenvalue weighted by molar-refractivity contribution is 7.99. The summed E-state index contributed by atoms with van der Waals surface area (Å²) in [5.74, 6) is -1.64. The van der Waals surface area contributed by atoms with Gasteiger partial charge in [0.05, 0.1) is 40.0 Å². The second kappa shape index (κ2) is 12.5. The fourth-order valence-electron chi connectivity index (χ4n) is 3.69. The Balaban J connectivity index is 1.19. The fourth-order valence-corrected chi connectivity index (χ4v) is 5.27. The number of hydrogen-bond donors (Lipinski definition) is 1. The van der Waals surface area contributed by atoms with Crippen LogP contribution in [0.1, 0.15) is 10.4 Å². The number of hydrogen-bond acceptors (Lipinski definition) is 10. The van der Waals surface area contributed by atoms with Gasteiger partial charge in [-0.2, -0.15) is 0 Å². The molecule has 0 saturated heterocycles. The number of esters is 2. The number of aromatic nitrogens is 3. The first-order chi connectivity index (χ1) is 19.5. The van der Waals surface area contributed by atoms with Crippen molar-refractivity contribution < 1.29 is 23.9 Å². The Morgan fingerprint density at radius 2 is 1.50 bits per heavy atom. The number of anilines is 1. The van der Waals surface area contributed by atoms with Crippen LogP contribution < -0.4 is 5.32 Å². The average Bonchev–Trinajstić information content (AvgIpc) is 3.40. The highest BCUT2D eigenvalue weighted by Gasteiger charge is 2.15. The van der Waals surface area contributed by atoms with Crippen LogP contribution >= 0.6 is 23.1 Å². The standard InChI is InChI=1S/C29H22N4O5S2/c1-37-27(36)20-12-13-21-24(14-20)40-29(30-21)33-25(34)16-38-26(35)17-39-28-31-22(18-8-4-2-5-9-18)15-23(32-28)19-10-6-3-7-11-19/h2-15H,16-17H2,1H3,(H,30,33,34). The summed E-state index contributed by atoms with van der Waals surface area (Å²) in [6.45, 7) is -0.469. The molecule has 2 aromatic heterocycles. The number of ether oxygens (including phenoxy) is 2. The molecule has 0 fully saturated rings. The maximum absolute atomic E-state index is 12.4. The maximum Gasteiger partial charge on any atom is 0.337 e. The third-order valence-corrected chi connectivity index (χ3v) is 7.34. The molecular formula is C29H22N4O5S2. The van der Waals surface area contributed by atoms with Gasteiger partial charge in [0.2, 0.25) is 0 Å². The predicted molar refractivity (Wildman–Crippen MR) is 154 cm³/mol. The van der Waals surface area contributed by atoms with Gasteiger partial charge in [-0.05, 0) is 24.3 Å². The van der Waals surface area contributed by atoms with E-state index in [1.54, 1.807) is 18.2 Å². The van der Waals surface area contributed by atoms with Gasteiger partial charge in [-0.1, -0.05) is 83.8 Å². The van der Waals surface area contributed by atoms with E-state index in [-0.39, 0.29) is 5.75 Å². The molecule has 5 rings (SSSR count). The lowest BCUT2D eigenvalue weighted by Gasteiger charge is -2.09. The normalized spacial score (nSPS) is 10.7. The van der Waals surface area contributed by atoms with E-state index in [1.165, 1.54) is 18.4 Å². The van der Waals surface area contributed by atoms with Crippen LogP contribution in [0.4, 0.5) is 5.13 Å². The first-order valence-corrected chi connectivity index (χ1v) is 13.9. The summed E-state index contributed by atoms with van der Waals surface area (Å²) in [6.07, 6.45) is 0. The molecule has 0 bridgehead atoms. The SMILES string of the molecule is COC(=O)c1ccc2nc(NC(=O)COC(=O)CSc3nc(-c4ccccc4)cc(-c4ccccc4)n3)sc2c1. The number of fused-ring (bicyclic) bond motifs is 1. The summed E-state index contributed by atoms with van der Waals surface area (Å²) in [7, 11) is 1.31. The van der Waals surface area contributed by atoms with E-state index in [9.17, 15) is 14.4 Å². The van der Waals surface area contributed by atoms with Gasteiger partial charge in [-0.15, -0.1) is 0 Å². The third-order valence-electron chi connectivity index (χ3n) is 5.58. The minimum Gasteiger partial charge on any atom is -0.465 e. The van der Waals surface area contributed by atoms with E-state index < -0.39 is 24.5 Å². The molecule has 3 aromatic carbocycles. The molecule has 11 heteroatoms. The number of rotatable bonds is 9. The van der Waals surface area contributed by atoms with Crippen LogP contribution in [0.25, 0.3) is 32.7 Å². The van der Waals surface area contributed by atoms with Gasteiger partial charge >= 0.3 is 11.9 Å². The molecule has 0 spiro atoms. The lowest BCUT2D eigenvalue weighted by atomic mass is 10.1. The number of amides is 1. The molecule has 0 atom stereocenters. The smallest absolute Gasteiger partial charge is 0.337 e. The van der Waals surface area contributed by atoms with Crippen molar-refractivity contribution in [3.63, 3.8) is 0 Å². The Labute approximate surface area is 237 Å². The van der Waals surface area contributed by atoms with Gasteiger partial charge in [0, 0.05) is 11.1 Å². The summed E-state index contributed by atoms with van der Waals surface area (Å²) in [4.78, 5) is 50.1. The average molecular weight is 571 g/mol. The third kappa shape index (κ3) is 6.68. The van der Waals surface area contributed by atoms with Crippen molar-refractivity contribution in [2.45, 2.75) is 5.16 Å². The first kappa shape index (κ1) is 27.0. The van der Waals surface area contributed by atoms with Crippen molar-refractivity contribution in [1.29, 1.82) is 0 Å². The summed E-state index contributed by atoms with van der Waals surface area (Å²) in [5.41, 5.74) is 4.34. The molecule has 1 amide bonds. The minimum atomic E-state index is -0.581. The van der Waals surface area contributed by atoms with E-state index in [2.05, 4.69) is 20.3 Å². The molecule has 40 heavy (non-hydrogen) atoms. The minimum absolute atomic E-state index is 0.0722. The Morgan fingerprint density at radius 1 is 0.850 bits per heavy atom. The zero-order valence-corrected chi connectivity index (χ0v) is 22.8. The molecular weight excluding hydrogens is 548 g/mol. The molecule has 0 radical (unpaired) electrons. The van der Waals surface area contributed by atoms with Crippen molar-refractivity contribution in [1.82, 2.24) is 15.0 Å². The molecule has 9 nitrogen and oxygen atoms in total. The molecule has 1 N–H and O–H groups in total. The van der Waals surface area contributed by atoms with Crippen LogP contribution in [-0.2, 0) is 19.1 Å².